The van der Waals surface area contributed by atoms with Crippen molar-refractivity contribution in [3.63, 3.8) is 0 Å². The summed E-state index contributed by atoms with van der Waals surface area (Å²) < 4.78 is 10.5. The number of carbonyl (C=O) groups excluding carboxylic acids is 2. The molecule has 7 nitrogen and oxygen atoms in total. The lowest BCUT2D eigenvalue weighted by molar-refractivity contribution is -0.136. The van der Waals surface area contributed by atoms with Crippen LogP contribution in [0.2, 0.25) is 0 Å². The van der Waals surface area contributed by atoms with Crippen molar-refractivity contribution in [2.24, 2.45) is 5.92 Å². The Hall–Kier alpha value is -2.54. The van der Waals surface area contributed by atoms with Crippen molar-refractivity contribution in [1.29, 1.82) is 0 Å². The van der Waals surface area contributed by atoms with Crippen LogP contribution in [0.3, 0.4) is 0 Å². The fraction of sp³-hybridized carbons (Fsp3) is 0.524. The second-order valence-electron chi connectivity index (χ2n) is 7.38. The molecule has 0 aliphatic carbocycles. The molecule has 1 aromatic rings. The molecular formula is C21H29N3O4. The minimum atomic E-state index is -0.560. The van der Waals surface area contributed by atoms with Crippen LogP contribution in [0.4, 0.5) is 4.79 Å². The van der Waals surface area contributed by atoms with Crippen molar-refractivity contribution in [2.75, 3.05) is 33.4 Å². The van der Waals surface area contributed by atoms with Crippen molar-refractivity contribution < 1.29 is 19.1 Å². The maximum Gasteiger partial charge on any atom is 0.338 e. The van der Waals surface area contributed by atoms with E-state index in [2.05, 4.69) is 22.5 Å². The first-order valence-electron chi connectivity index (χ1n) is 9.85. The standard InChI is InChI=1S/C21H29N3O4/c1-4-28-16-7-5-15(6-8-16)19-18(20(25)27-3)17(22-21(26)23-19)13-24-11-9-14(2)10-12-24/h5-8,14,19H,4,9-13H2,1-3H3,(H2,22,23,26)/t19-/m1/s1. The third-order valence-corrected chi connectivity index (χ3v) is 5.34. The van der Waals surface area contributed by atoms with Gasteiger partial charge in [0.25, 0.3) is 0 Å². The second kappa shape index (κ2) is 9.10. The third-order valence-electron chi connectivity index (χ3n) is 5.34. The molecule has 2 aliphatic rings. The zero-order valence-corrected chi connectivity index (χ0v) is 16.8. The highest BCUT2D eigenvalue weighted by atomic mass is 16.5. The van der Waals surface area contributed by atoms with Gasteiger partial charge in [-0.25, -0.2) is 9.59 Å². The summed E-state index contributed by atoms with van der Waals surface area (Å²) in [4.78, 5) is 27.2. The van der Waals surface area contributed by atoms with Gasteiger partial charge in [-0.3, -0.25) is 4.90 Å². The second-order valence-corrected chi connectivity index (χ2v) is 7.38. The van der Waals surface area contributed by atoms with Crippen molar-refractivity contribution >= 4 is 12.0 Å². The van der Waals surface area contributed by atoms with Gasteiger partial charge in [0, 0.05) is 12.2 Å². The minimum absolute atomic E-state index is 0.313. The molecule has 0 bridgehead atoms. The van der Waals surface area contributed by atoms with Crippen LogP contribution in [0, 0.1) is 5.92 Å². The van der Waals surface area contributed by atoms with Gasteiger partial charge < -0.3 is 20.1 Å². The molecule has 1 saturated heterocycles. The number of carbonyl (C=O) groups is 2. The Balaban J connectivity index is 1.90. The number of hydrogen-bond acceptors (Lipinski definition) is 5. The predicted octanol–water partition coefficient (Wildman–Crippen LogP) is 2.60. The van der Waals surface area contributed by atoms with Gasteiger partial charge in [-0.15, -0.1) is 0 Å². The fourth-order valence-electron chi connectivity index (χ4n) is 3.71. The molecule has 2 heterocycles. The van der Waals surface area contributed by atoms with Crippen LogP contribution >= 0.6 is 0 Å². The molecule has 0 unspecified atom stereocenters. The van der Waals surface area contributed by atoms with E-state index in [0.717, 1.165) is 37.2 Å². The van der Waals surface area contributed by atoms with Crippen LogP contribution in [0.15, 0.2) is 35.5 Å². The quantitative estimate of drug-likeness (QED) is 0.734. The number of hydrogen-bond donors (Lipinski definition) is 2. The van der Waals surface area contributed by atoms with E-state index in [1.54, 1.807) is 0 Å². The zero-order valence-electron chi connectivity index (χ0n) is 16.8. The van der Waals surface area contributed by atoms with E-state index in [4.69, 9.17) is 9.47 Å². The Morgan fingerprint density at radius 1 is 1.21 bits per heavy atom. The fourth-order valence-corrected chi connectivity index (χ4v) is 3.71. The van der Waals surface area contributed by atoms with E-state index in [0.29, 0.717) is 30.3 Å². The molecule has 2 amide bonds. The molecule has 1 aromatic carbocycles. The van der Waals surface area contributed by atoms with Gasteiger partial charge in [-0.2, -0.15) is 0 Å². The number of ether oxygens (including phenoxy) is 2. The molecule has 0 saturated carbocycles. The van der Waals surface area contributed by atoms with Crippen molar-refractivity contribution in [1.82, 2.24) is 15.5 Å². The number of methoxy groups -OCH3 is 1. The van der Waals surface area contributed by atoms with E-state index < -0.39 is 12.0 Å². The lowest BCUT2D eigenvalue weighted by Gasteiger charge is -2.34. The van der Waals surface area contributed by atoms with Crippen molar-refractivity contribution in [2.45, 2.75) is 32.7 Å². The highest BCUT2D eigenvalue weighted by Gasteiger charge is 2.34. The first kappa shape index (κ1) is 20.2. The Labute approximate surface area is 166 Å². The van der Waals surface area contributed by atoms with Crippen LogP contribution in [0.1, 0.15) is 38.3 Å². The lowest BCUT2D eigenvalue weighted by atomic mass is 9.94. The summed E-state index contributed by atoms with van der Waals surface area (Å²) in [6.45, 7) is 7.19. The summed E-state index contributed by atoms with van der Waals surface area (Å²) in [7, 11) is 1.36. The topological polar surface area (TPSA) is 79.9 Å². The van der Waals surface area contributed by atoms with Crippen molar-refractivity contribution in [3.8, 4) is 5.75 Å². The van der Waals surface area contributed by atoms with E-state index >= 15 is 0 Å². The van der Waals surface area contributed by atoms with Gasteiger partial charge in [0.15, 0.2) is 0 Å². The van der Waals surface area contributed by atoms with Gasteiger partial charge >= 0.3 is 12.0 Å². The number of nitrogens with zero attached hydrogens (tertiary/aromatic N) is 1. The first-order chi connectivity index (χ1) is 13.5. The molecule has 2 aliphatic heterocycles. The van der Waals surface area contributed by atoms with Crippen LogP contribution in [-0.4, -0.2) is 50.3 Å². The van der Waals surface area contributed by atoms with E-state index in [-0.39, 0.29) is 6.03 Å². The molecule has 7 heteroatoms. The molecule has 152 valence electrons. The molecule has 1 atom stereocenters. The minimum Gasteiger partial charge on any atom is -0.494 e. The Morgan fingerprint density at radius 3 is 2.50 bits per heavy atom. The largest absolute Gasteiger partial charge is 0.494 e. The average molecular weight is 387 g/mol. The molecule has 1 fully saturated rings. The number of urea groups is 1. The van der Waals surface area contributed by atoms with Crippen LogP contribution in [0.5, 0.6) is 5.75 Å². The summed E-state index contributed by atoms with van der Waals surface area (Å²) in [5.74, 6) is 1.02. The lowest BCUT2D eigenvalue weighted by Crippen LogP contribution is -2.49. The molecule has 0 radical (unpaired) electrons. The molecule has 0 aromatic heterocycles. The summed E-state index contributed by atoms with van der Waals surface area (Å²) in [6, 6.07) is 6.54. The molecule has 2 N–H and O–H groups in total. The maximum absolute atomic E-state index is 12.6. The molecule has 0 spiro atoms. The Morgan fingerprint density at radius 2 is 1.89 bits per heavy atom. The van der Waals surface area contributed by atoms with E-state index in [9.17, 15) is 9.59 Å². The highest BCUT2D eigenvalue weighted by molar-refractivity contribution is 5.95. The predicted molar refractivity (Wildman–Crippen MR) is 106 cm³/mol. The highest BCUT2D eigenvalue weighted by Crippen LogP contribution is 2.30. The molecule has 28 heavy (non-hydrogen) atoms. The third kappa shape index (κ3) is 4.65. The average Bonchev–Trinajstić information content (AvgIpc) is 2.69. The molecule has 3 rings (SSSR count). The normalized spacial score (nSPS) is 21.1. The summed E-state index contributed by atoms with van der Waals surface area (Å²) >= 11 is 0. The van der Waals surface area contributed by atoms with Gasteiger partial charge in [0.05, 0.1) is 25.3 Å². The number of benzene rings is 1. The molecular weight excluding hydrogens is 358 g/mol. The number of nitrogens with one attached hydrogen (secondary N) is 2. The monoisotopic (exact) mass is 387 g/mol. The van der Waals surface area contributed by atoms with Crippen LogP contribution in [0.25, 0.3) is 0 Å². The SMILES string of the molecule is CCOc1ccc([C@H]2NC(=O)NC(CN3CCC(C)CC3)=C2C(=O)OC)cc1. The number of esters is 1. The van der Waals surface area contributed by atoms with Gasteiger partial charge in [-0.1, -0.05) is 19.1 Å². The van der Waals surface area contributed by atoms with Crippen LogP contribution < -0.4 is 15.4 Å². The smallest absolute Gasteiger partial charge is 0.338 e. The van der Waals surface area contributed by atoms with Gasteiger partial charge in [-0.05, 0) is 56.5 Å². The number of amides is 2. The van der Waals surface area contributed by atoms with E-state index in [1.165, 1.54) is 7.11 Å². The van der Waals surface area contributed by atoms with Gasteiger partial charge in [0.1, 0.15) is 5.75 Å². The number of rotatable bonds is 6. The summed E-state index contributed by atoms with van der Waals surface area (Å²) in [5.41, 5.74) is 1.87. The van der Waals surface area contributed by atoms with Crippen molar-refractivity contribution in [3.05, 3.63) is 41.1 Å². The Kier molecular flexibility index (Phi) is 6.57. The number of likely N-dealkylation sites (tertiary alicyclic amines) is 1. The summed E-state index contributed by atoms with van der Waals surface area (Å²) in [6.07, 6.45) is 2.24. The van der Waals surface area contributed by atoms with E-state index in [1.807, 2.05) is 31.2 Å². The van der Waals surface area contributed by atoms with Crippen LogP contribution in [-0.2, 0) is 9.53 Å². The Bertz CT molecular complexity index is 737. The summed E-state index contributed by atoms with van der Waals surface area (Å²) in [5, 5.41) is 5.69. The zero-order chi connectivity index (χ0) is 20.1. The first-order valence-corrected chi connectivity index (χ1v) is 9.85. The maximum atomic E-state index is 12.6. The van der Waals surface area contributed by atoms with Gasteiger partial charge in [0.2, 0.25) is 0 Å². The number of piperidine rings is 1.